The lowest BCUT2D eigenvalue weighted by atomic mass is 9.99. The molecule has 0 saturated heterocycles. The van der Waals surface area contributed by atoms with Crippen molar-refractivity contribution in [2.75, 3.05) is 7.05 Å². The number of phenols is 1. The maximum atomic E-state index is 13.9. The lowest BCUT2D eigenvalue weighted by molar-refractivity contribution is 0.0171. The van der Waals surface area contributed by atoms with Gasteiger partial charge < -0.3 is 15.2 Å². The number of para-hydroxylation sites is 1. The predicted molar refractivity (Wildman–Crippen MR) is 107 cm³/mol. The van der Waals surface area contributed by atoms with Crippen LogP contribution in [0, 0.1) is 11.3 Å². The van der Waals surface area contributed by atoms with Gasteiger partial charge in [-0.1, -0.05) is 18.2 Å². The van der Waals surface area contributed by atoms with Crippen LogP contribution in [0.4, 0.5) is 8.78 Å². The van der Waals surface area contributed by atoms with Crippen molar-refractivity contribution in [1.29, 1.82) is 5.26 Å². The Labute approximate surface area is 164 Å². The molecule has 0 aliphatic heterocycles. The Hall–Kier alpha value is -3.33. The lowest BCUT2D eigenvalue weighted by Crippen LogP contribution is -2.10. The highest BCUT2D eigenvalue weighted by Gasteiger charge is 2.26. The number of rotatable bonds is 6. The number of ether oxygens (including phenoxy) is 1. The zero-order valence-corrected chi connectivity index (χ0v) is 16.2. The number of nitrogens with one attached hydrogen (secondary N) is 1. The van der Waals surface area contributed by atoms with E-state index in [0.29, 0.717) is 16.7 Å². The Kier molecular flexibility index (Phi) is 8.21. The third-order valence-corrected chi connectivity index (χ3v) is 3.97. The van der Waals surface area contributed by atoms with Crippen LogP contribution in [0.2, 0.25) is 0 Å². The summed E-state index contributed by atoms with van der Waals surface area (Å²) in [6.45, 7) is 8.51. The number of aromatic hydroxyl groups is 1. The number of hydrogen-bond donors (Lipinski definition) is 2. The van der Waals surface area contributed by atoms with E-state index in [-0.39, 0.29) is 29.4 Å². The molecule has 0 atom stereocenters. The average Bonchev–Trinajstić information content (AvgIpc) is 2.69. The van der Waals surface area contributed by atoms with Gasteiger partial charge in [0, 0.05) is 25.1 Å². The van der Waals surface area contributed by atoms with E-state index in [2.05, 4.69) is 18.5 Å². The smallest absolute Gasteiger partial charge is 0.270 e. The van der Waals surface area contributed by atoms with Crippen molar-refractivity contribution in [2.45, 2.75) is 26.4 Å². The molecule has 0 aromatic heterocycles. The summed E-state index contributed by atoms with van der Waals surface area (Å²) in [5.74, 6) is -2.76. The van der Waals surface area contributed by atoms with Gasteiger partial charge in [0.2, 0.25) is 0 Å². The molecular weight excluding hydrogens is 362 g/mol. The van der Waals surface area contributed by atoms with Gasteiger partial charge in [0.1, 0.15) is 29.9 Å². The number of nitriles is 1. The molecular formula is C22H24F2N2O2. The summed E-state index contributed by atoms with van der Waals surface area (Å²) < 4.78 is 33.4. The lowest BCUT2D eigenvalue weighted by Gasteiger charge is -2.16. The van der Waals surface area contributed by atoms with Crippen molar-refractivity contribution in [1.82, 2.24) is 5.32 Å². The quantitative estimate of drug-likeness (QED) is 0.518. The molecule has 0 amide bonds. The first kappa shape index (κ1) is 22.7. The highest BCUT2D eigenvalue weighted by atomic mass is 19.3. The fourth-order valence-electron chi connectivity index (χ4n) is 2.42. The topological polar surface area (TPSA) is 65.3 Å². The number of allylic oxidation sites excluding steroid dienone is 2. The van der Waals surface area contributed by atoms with Crippen LogP contribution >= 0.6 is 0 Å². The van der Waals surface area contributed by atoms with Crippen LogP contribution in [-0.4, -0.2) is 12.2 Å². The molecule has 4 nitrogen and oxygen atoms in total. The van der Waals surface area contributed by atoms with Crippen LogP contribution in [-0.2, 0) is 12.5 Å². The monoisotopic (exact) mass is 386 g/mol. The van der Waals surface area contributed by atoms with Crippen LogP contribution in [0.1, 0.15) is 30.5 Å². The molecule has 0 aliphatic carbocycles. The molecule has 0 saturated carbocycles. The first-order valence-corrected chi connectivity index (χ1v) is 8.48. The second-order valence-corrected chi connectivity index (χ2v) is 5.91. The maximum Gasteiger partial charge on any atom is 0.270 e. The van der Waals surface area contributed by atoms with Crippen molar-refractivity contribution >= 4 is 5.57 Å². The summed E-state index contributed by atoms with van der Waals surface area (Å²) >= 11 is 0. The van der Waals surface area contributed by atoms with Crippen LogP contribution in [0.15, 0.2) is 61.3 Å². The second-order valence-electron chi connectivity index (χ2n) is 5.91. The van der Waals surface area contributed by atoms with Gasteiger partial charge in [0.15, 0.2) is 0 Å². The van der Waals surface area contributed by atoms with Gasteiger partial charge in [-0.25, -0.2) is 8.78 Å². The van der Waals surface area contributed by atoms with Crippen LogP contribution in [0.5, 0.6) is 11.5 Å². The number of hydrogen-bond acceptors (Lipinski definition) is 4. The molecule has 2 aromatic rings. The van der Waals surface area contributed by atoms with Crippen molar-refractivity contribution in [2.24, 2.45) is 0 Å². The first-order valence-electron chi connectivity index (χ1n) is 8.48. The summed E-state index contributed by atoms with van der Waals surface area (Å²) in [6.07, 6.45) is 0. The highest BCUT2D eigenvalue weighted by Crippen LogP contribution is 2.34. The number of benzene rings is 2. The van der Waals surface area contributed by atoms with Gasteiger partial charge in [-0.2, -0.15) is 5.26 Å². The molecule has 2 N–H and O–H groups in total. The average molecular weight is 386 g/mol. The van der Waals surface area contributed by atoms with Crippen molar-refractivity contribution in [3.63, 3.8) is 0 Å². The summed E-state index contributed by atoms with van der Waals surface area (Å²) in [4.78, 5) is 0. The number of alkyl halides is 2. The normalized spacial score (nSPS) is 11.4. The Morgan fingerprint density at radius 1 is 1.25 bits per heavy atom. The zero-order valence-electron chi connectivity index (χ0n) is 16.2. The van der Waals surface area contributed by atoms with Gasteiger partial charge in [0.05, 0.1) is 0 Å². The van der Waals surface area contributed by atoms with E-state index in [0.717, 1.165) is 6.92 Å². The molecule has 0 aliphatic rings. The van der Waals surface area contributed by atoms with E-state index in [4.69, 9.17) is 10.00 Å². The number of halogens is 2. The van der Waals surface area contributed by atoms with Gasteiger partial charge >= 0.3 is 0 Å². The Morgan fingerprint density at radius 2 is 1.89 bits per heavy atom. The minimum Gasteiger partial charge on any atom is -0.508 e. The summed E-state index contributed by atoms with van der Waals surface area (Å²) in [6, 6.07) is 12.9. The summed E-state index contributed by atoms with van der Waals surface area (Å²) in [7, 11) is 1.59. The van der Waals surface area contributed by atoms with E-state index in [1.165, 1.54) is 18.2 Å². The van der Waals surface area contributed by atoms with E-state index in [1.54, 1.807) is 38.2 Å². The first-order chi connectivity index (χ1) is 13.3. The molecule has 2 aromatic carbocycles. The second kappa shape index (κ2) is 10.1. The largest absolute Gasteiger partial charge is 0.508 e. The molecule has 2 rings (SSSR count). The van der Waals surface area contributed by atoms with Crippen molar-refractivity contribution in [3.05, 3.63) is 78.0 Å². The fraction of sp³-hybridized carbons (Fsp3) is 0.227. The molecule has 6 heteroatoms. The molecule has 0 unspecified atom stereocenters. The van der Waals surface area contributed by atoms with E-state index >= 15 is 0 Å². The van der Waals surface area contributed by atoms with Crippen molar-refractivity contribution in [3.8, 4) is 17.6 Å². The molecule has 0 bridgehead atoms. The van der Waals surface area contributed by atoms with Crippen LogP contribution in [0.3, 0.4) is 0 Å². The Balaban J connectivity index is 0.00000190. The zero-order chi connectivity index (χ0) is 21.3. The van der Waals surface area contributed by atoms with E-state index in [1.807, 2.05) is 6.07 Å². The van der Waals surface area contributed by atoms with Crippen molar-refractivity contribution < 1.29 is 18.6 Å². The van der Waals surface area contributed by atoms with E-state index < -0.39 is 5.92 Å². The van der Waals surface area contributed by atoms with Gasteiger partial charge in [-0.05, 0) is 42.3 Å². The highest BCUT2D eigenvalue weighted by molar-refractivity contribution is 5.71. The third kappa shape index (κ3) is 5.85. The van der Waals surface area contributed by atoms with Crippen LogP contribution in [0.25, 0.3) is 5.57 Å². The van der Waals surface area contributed by atoms with Gasteiger partial charge in [0.25, 0.3) is 5.92 Å². The molecule has 0 spiro atoms. The SMILES string of the molecule is C=C.CN/C(C#N)=C(\C)c1cc(OCc2ccccc2O)cc(C(C)(F)F)c1. The third-order valence-electron chi connectivity index (χ3n) is 3.97. The maximum absolute atomic E-state index is 13.9. The van der Waals surface area contributed by atoms with Gasteiger partial charge in [-0.15, -0.1) is 13.2 Å². The minimum absolute atomic E-state index is 0.0325. The Bertz CT molecular complexity index is 881. The molecule has 0 radical (unpaired) electrons. The molecule has 0 heterocycles. The molecule has 28 heavy (non-hydrogen) atoms. The number of phenolic OH excluding ortho intramolecular Hbond substituents is 1. The predicted octanol–water partition coefficient (Wildman–Crippen LogP) is 5.36. The Morgan fingerprint density at radius 3 is 2.43 bits per heavy atom. The molecule has 148 valence electrons. The summed E-state index contributed by atoms with van der Waals surface area (Å²) in [5.41, 5.74) is 1.61. The number of nitrogens with zero attached hydrogens (tertiary/aromatic N) is 1. The standard InChI is InChI=1S/C20H20F2N2O2.C2H4/c1-13(18(11-23)24-3)15-8-16(20(2,21)22)10-17(9-15)26-12-14-6-4-5-7-19(14)25;1-2/h4-10,24-25H,12H2,1-3H3;1-2H2/b18-13+;. The van der Waals surface area contributed by atoms with Gasteiger partial charge in [-0.3, -0.25) is 0 Å². The molecule has 0 fully saturated rings. The van der Waals surface area contributed by atoms with E-state index in [9.17, 15) is 13.9 Å². The van der Waals surface area contributed by atoms with Crippen LogP contribution < -0.4 is 10.1 Å². The minimum atomic E-state index is -3.06. The fourth-order valence-corrected chi connectivity index (χ4v) is 2.42. The summed E-state index contributed by atoms with van der Waals surface area (Å²) in [5, 5.41) is 21.7.